The van der Waals surface area contributed by atoms with Crippen molar-refractivity contribution in [3.05, 3.63) is 48.0 Å². The summed E-state index contributed by atoms with van der Waals surface area (Å²) in [4.78, 5) is 15.8. The zero-order valence-corrected chi connectivity index (χ0v) is 13.5. The Balaban J connectivity index is 1.83. The van der Waals surface area contributed by atoms with Crippen molar-refractivity contribution in [3.8, 4) is 0 Å². The number of amides is 1. The summed E-state index contributed by atoms with van der Waals surface area (Å²) >= 11 is 0. The third-order valence-corrected chi connectivity index (χ3v) is 3.54. The molecule has 0 saturated carbocycles. The van der Waals surface area contributed by atoms with E-state index in [1.165, 1.54) is 11.9 Å². The molecule has 1 unspecified atom stereocenters. The van der Waals surface area contributed by atoms with E-state index >= 15 is 0 Å². The van der Waals surface area contributed by atoms with Crippen molar-refractivity contribution >= 4 is 5.91 Å². The number of aryl methyl sites for hydroxylation is 1. The minimum atomic E-state index is 0.0105. The van der Waals surface area contributed by atoms with Crippen LogP contribution in [0.4, 0.5) is 0 Å². The number of benzene rings is 1. The molecule has 1 amide bonds. The van der Waals surface area contributed by atoms with Crippen LogP contribution in [0, 0.1) is 5.92 Å². The molecule has 2 aromatic rings. The third kappa shape index (κ3) is 4.98. The van der Waals surface area contributed by atoms with Crippen LogP contribution in [-0.4, -0.2) is 20.7 Å². The van der Waals surface area contributed by atoms with Gasteiger partial charge in [-0.3, -0.25) is 9.48 Å². The SMILES string of the molecule is CC(C)Cc1ccc(C(C)NC(=O)CCn2cncn2)cc1. The Morgan fingerprint density at radius 3 is 2.55 bits per heavy atom. The highest BCUT2D eigenvalue weighted by molar-refractivity contribution is 5.76. The fourth-order valence-electron chi connectivity index (χ4n) is 2.38. The maximum Gasteiger partial charge on any atom is 0.222 e. The quantitative estimate of drug-likeness (QED) is 0.855. The van der Waals surface area contributed by atoms with E-state index in [9.17, 15) is 4.79 Å². The zero-order chi connectivity index (χ0) is 15.9. The van der Waals surface area contributed by atoms with Crippen LogP contribution in [-0.2, 0) is 17.8 Å². The van der Waals surface area contributed by atoms with Gasteiger partial charge in [0.25, 0.3) is 0 Å². The van der Waals surface area contributed by atoms with E-state index in [4.69, 9.17) is 0 Å². The van der Waals surface area contributed by atoms with Crippen LogP contribution in [0.1, 0.15) is 44.4 Å². The van der Waals surface area contributed by atoms with Crippen LogP contribution < -0.4 is 5.32 Å². The predicted octanol–water partition coefficient (Wildman–Crippen LogP) is 2.74. The normalized spacial score (nSPS) is 12.4. The largest absolute Gasteiger partial charge is 0.350 e. The smallest absolute Gasteiger partial charge is 0.222 e. The summed E-state index contributed by atoms with van der Waals surface area (Å²) in [5.74, 6) is 0.675. The van der Waals surface area contributed by atoms with Gasteiger partial charge in [0.1, 0.15) is 12.7 Å². The third-order valence-electron chi connectivity index (χ3n) is 3.54. The summed E-state index contributed by atoms with van der Waals surface area (Å²) in [7, 11) is 0. The van der Waals surface area contributed by atoms with Gasteiger partial charge >= 0.3 is 0 Å². The van der Waals surface area contributed by atoms with E-state index in [0.29, 0.717) is 18.9 Å². The fraction of sp³-hybridized carbons (Fsp3) is 0.471. The second-order valence-corrected chi connectivity index (χ2v) is 6.04. The standard InChI is InChI=1S/C17H24N4O/c1-13(2)10-15-4-6-16(7-5-15)14(3)20-17(22)8-9-21-12-18-11-19-21/h4-7,11-14H,8-10H2,1-3H3,(H,20,22). The van der Waals surface area contributed by atoms with E-state index in [0.717, 1.165) is 12.0 Å². The van der Waals surface area contributed by atoms with Crippen LogP contribution in [0.3, 0.4) is 0 Å². The molecule has 0 fully saturated rings. The summed E-state index contributed by atoms with van der Waals surface area (Å²) in [5.41, 5.74) is 2.46. The van der Waals surface area contributed by atoms with Crippen LogP contribution >= 0.6 is 0 Å². The van der Waals surface area contributed by atoms with Gasteiger partial charge < -0.3 is 5.32 Å². The first-order chi connectivity index (χ1) is 10.5. The average Bonchev–Trinajstić information content (AvgIpc) is 2.98. The molecule has 1 aromatic heterocycles. The van der Waals surface area contributed by atoms with Gasteiger partial charge in [0.2, 0.25) is 5.91 Å². The topological polar surface area (TPSA) is 59.8 Å². The van der Waals surface area contributed by atoms with Crippen molar-refractivity contribution in [1.29, 1.82) is 0 Å². The highest BCUT2D eigenvalue weighted by Crippen LogP contribution is 2.15. The van der Waals surface area contributed by atoms with Gasteiger partial charge in [-0.05, 0) is 30.4 Å². The first-order valence-corrected chi connectivity index (χ1v) is 7.75. The molecule has 0 aliphatic carbocycles. The molecular formula is C17H24N4O. The molecule has 1 atom stereocenters. The number of carbonyl (C=O) groups excluding carboxylic acids is 1. The molecule has 0 spiro atoms. The van der Waals surface area contributed by atoms with Crippen molar-refractivity contribution in [2.75, 3.05) is 0 Å². The minimum Gasteiger partial charge on any atom is -0.350 e. The predicted molar refractivity (Wildman–Crippen MR) is 86.2 cm³/mol. The molecule has 5 heteroatoms. The highest BCUT2D eigenvalue weighted by Gasteiger charge is 2.10. The number of nitrogens with zero attached hydrogens (tertiary/aromatic N) is 3. The van der Waals surface area contributed by atoms with Crippen molar-refractivity contribution in [3.63, 3.8) is 0 Å². The summed E-state index contributed by atoms with van der Waals surface area (Å²) in [6.07, 6.45) is 4.57. The lowest BCUT2D eigenvalue weighted by Crippen LogP contribution is -2.27. The Labute approximate surface area is 131 Å². The van der Waals surface area contributed by atoms with Gasteiger partial charge in [-0.15, -0.1) is 0 Å². The maximum atomic E-state index is 12.0. The highest BCUT2D eigenvalue weighted by atomic mass is 16.1. The number of aromatic nitrogens is 3. The Kier molecular flexibility index (Phi) is 5.69. The van der Waals surface area contributed by atoms with Gasteiger partial charge in [0.15, 0.2) is 0 Å². The lowest BCUT2D eigenvalue weighted by Gasteiger charge is -2.15. The van der Waals surface area contributed by atoms with Gasteiger partial charge in [-0.2, -0.15) is 5.10 Å². The lowest BCUT2D eigenvalue weighted by molar-refractivity contribution is -0.122. The Morgan fingerprint density at radius 2 is 1.95 bits per heavy atom. The van der Waals surface area contributed by atoms with Gasteiger partial charge in [0.05, 0.1) is 12.6 Å². The molecule has 1 aromatic carbocycles. The molecule has 0 bridgehead atoms. The van der Waals surface area contributed by atoms with Crippen molar-refractivity contribution in [2.24, 2.45) is 5.92 Å². The van der Waals surface area contributed by atoms with Crippen LogP contribution in [0.5, 0.6) is 0 Å². The van der Waals surface area contributed by atoms with Crippen LogP contribution in [0.2, 0.25) is 0 Å². The monoisotopic (exact) mass is 300 g/mol. The molecule has 0 aliphatic heterocycles. The Hall–Kier alpha value is -2.17. The first-order valence-electron chi connectivity index (χ1n) is 7.75. The lowest BCUT2D eigenvalue weighted by atomic mass is 10.00. The summed E-state index contributed by atoms with van der Waals surface area (Å²) in [5, 5.41) is 7.00. The summed E-state index contributed by atoms with van der Waals surface area (Å²) < 4.78 is 1.66. The fourth-order valence-corrected chi connectivity index (χ4v) is 2.38. The van der Waals surface area contributed by atoms with E-state index < -0.39 is 0 Å². The zero-order valence-electron chi connectivity index (χ0n) is 13.5. The molecule has 1 N–H and O–H groups in total. The van der Waals surface area contributed by atoms with Gasteiger partial charge in [-0.25, -0.2) is 4.98 Å². The number of nitrogens with one attached hydrogen (secondary N) is 1. The average molecular weight is 300 g/mol. The first kappa shape index (κ1) is 16.2. The van der Waals surface area contributed by atoms with E-state index in [1.807, 2.05) is 6.92 Å². The minimum absolute atomic E-state index is 0.0105. The number of hydrogen-bond donors (Lipinski definition) is 1. The van der Waals surface area contributed by atoms with Gasteiger partial charge in [0, 0.05) is 6.42 Å². The molecule has 1 heterocycles. The van der Waals surface area contributed by atoms with Crippen molar-refractivity contribution in [1.82, 2.24) is 20.1 Å². The van der Waals surface area contributed by atoms with E-state index in [-0.39, 0.29) is 11.9 Å². The van der Waals surface area contributed by atoms with Crippen LogP contribution in [0.15, 0.2) is 36.9 Å². The summed E-state index contributed by atoms with van der Waals surface area (Å²) in [6.45, 7) is 6.98. The molecule has 2 rings (SSSR count). The molecule has 22 heavy (non-hydrogen) atoms. The second-order valence-electron chi connectivity index (χ2n) is 6.04. The molecule has 0 saturated heterocycles. The molecule has 5 nitrogen and oxygen atoms in total. The molecule has 0 radical (unpaired) electrons. The second kappa shape index (κ2) is 7.73. The maximum absolute atomic E-state index is 12.0. The Morgan fingerprint density at radius 1 is 1.23 bits per heavy atom. The Bertz CT molecular complexity index is 575. The molecular weight excluding hydrogens is 276 g/mol. The summed E-state index contributed by atoms with van der Waals surface area (Å²) in [6, 6.07) is 8.50. The molecule has 0 aliphatic rings. The van der Waals surface area contributed by atoms with E-state index in [2.05, 4.69) is 53.5 Å². The van der Waals surface area contributed by atoms with Crippen molar-refractivity contribution in [2.45, 2.75) is 46.2 Å². The number of rotatable bonds is 7. The van der Waals surface area contributed by atoms with E-state index in [1.54, 1.807) is 11.0 Å². The number of carbonyl (C=O) groups is 1. The van der Waals surface area contributed by atoms with Crippen molar-refractivity contribution < 1.29 is 4.79 Å². The number of hydrogen-bond acceptors (Lipinski definition) is 3. The van der Waals surface area contributed by atoms with Gasteiger partial charge in [-0.1, -0.05) is 38.1 Å². The van der Waals surface area contributed by atoms with Crippen LogP contribution in [0.25, 0.3) is 0 Å². The molecule has 118 valence electrons.